The number of hydrogen-bond acceptors (Lipinski definition) is 4. The quantitative estimate of drug-likeness (QED) is 0.850. The SMILES string of the molecule is COc1ccc(Cn2ccnc2CNC(C)C)cc1OC. The Labute approximate surface area is 125 Å². The summed E-state index contributed by atoms with van der Waals surface area (Å²) in [5.74, 6) is 2.52. The highest BCUT2D eigenvalue weighted by molar-refractivity contribution is 5.43. The van der Waals surface area contributed by atoms with E-state index in [9.17, 15) is 0 Å². The van der Waals surface area contributed by atoms with Crippen molar-refractivity contribution in [3.63, 3.8) is 0 Å². The molecule has 1 N–H and O–H groups in total. The number of nitrogens with zero attached hydrogens (tertiary/aromatic N) is 2. The van der Waals surface area contributed by atoms with Gasteiger partial charge in [0.1, 0.15) is 5.82 Å². The maximum absolute atomic E-state index is 5.34. The molecule has 5 heteroatoms. The molecule has 0 saturated heterocycles. The summed E-state index contributed by atoms with van der Waals surface area (Å²) in [5, 5.41) is 3.39. The first kappa shape index (κ1) is 15.4. The maximum Gasteiger partial charge on any atom is 0.161 e. The van der Waals surface area contributed by atoms with E-state index in [1.165, 1.54) is 0 Å². The van der Waals surface area contributed by atoms with Gasteiger partial charge < -0.3 is 19.4 Å². The summed E-state index contributed by atoms with van der Waals surface area (Å²) in [6.45, 7) is 5.77. The second kappa shape index (κ2) is 7.13. The van der Waals surface area contributed by atoms with Gasteiger partial charge in [-0.25, -0.2) is 4.98 Å². The van der Waals surface area contributed by atoms with Crippen molar-refractivity contribution in [2.45, 2.75) is 33.0 Å². The summed E-state index contributed by atoms with van der Waals surface area (Å²) >= 11 is 0. The van der Waals surface area contributed by atoms with E-state index in [1.807, 2.05) is 30.6 Å². The lowest BCUT2D eigenvalue weighted by atomic mass is 10.2. The Kier molecular flexibility index (Phi) is 5.22. The Balaban J connectivity index is 2.13. The highest BCUT2D eigenvalue weighted by Crippen LogP contribution is 2.27. The zero-order chi connectivity index (χ0) is 15.2. The zero-order valence-electron chi connectivity index (χ0n) is 13.1. The average Bonchev–Trinajstić information content (AvgIpc) is 2.92. The largest absolute Gasteiger partial charge is 0.493 e. The minimum atomic E-state index is 0.441. The zero-order valence-corrected chi connectivity index (χ0v) is 13.1. The fourth-order valence-corrected chi connectivity index (χ4v) is 2.12. The van der Waals surface area contributed by atoms with Crippen LogP contribution < -0.4 is 14.8 Å². The molecule has 1 aromatic carbocycles. The summed E-state index contributed by atoms with van der Waals surface area (Å²) in [6.07, 6.45) is 3.83. The number of imidazole rings is 1. The van der Waals surface area contributed by atoms with Crippen LogP contribution in [0.15, 0.2) is 30.6 Å². The number of nitrogens with one attached hydrogen (secondary N) is 1. The van der Waals surface area contributed by atoms with E-state index in [0.717, 1.165) is 36.0 Å². The van der Waals surface area contributed by atoms with E-state index in [2.05, 4.69) is 28.7 Å². The predicted molar refractivity (Wildman–Crippen MR) is 82.9 cm³/mol. The first-order valence-electron chi connectivity index (χ1n) is 7.08. The normalized spacial score (nSPS) is 10.9. The fourth-order valence-electron chi connectivity index (χ4n) is 2.12. The number of rotatable bonds is 7. The minimum Gasteiger partial charge on any atom is -0.493 e. The van der Waals surface area contributed by atoms with Crippen molar-refractivity contribution in [2.75, 3.05) is 14.2 Å². The van der Waals surface area contributed by atoms with Gasteiger partial charge in [-0.05, 0) is 17.7 Å². The van der Waals surface area contributed by atoms with Gasteiger partial charge in [0.15, 0.2) is 11.5 Å². The molecule has 0 unspecified atom stereocenters. The molecule has 114 valence electrons. The van der Waals surface area contributed by atoms with Crippen molar-refractivity contribution in [1.82, 2.24) is 14.9 Å². The van der Waals surface area contributed by atoms with Crippen LogP contribution in [0, 0.1) is 0 Å². The summed E-state index contributed by atoms with van der Waals surface area (Å²) in [7, 11) is 3.29. The van der Waals surface area contributed by atoms with Crippen LogP contribution in [0.4, 0.5) is 0 Å². The van der Waals surface area contributed by atoms with Crippen molar-refractivity contribution >= 4 is 0 Å². The topological polar surface area (TPSA) is 48.3 Å². The van der Waals surface area contributed by atoms with Crippen LogP contribution in [0.2, 0.25) is 0 Å². The Morgan fingerprint density at radius 3 is 2.62 bits per heavy atom. The third-order valence-corrected chi connectivity index (χ3v) is 3.27. The van der Waals surface area contributed by atoms with Gasteiger partial charge in [0.2, 0.25) is 0 Å². The monoisotopic (exact) mass is 289 g/mol. The fraction of sp³-hybridized carbons (Fsp3) is 0.438. The second-order valence-corrected chi connectivity index (χ2v) is 5.20. The van der Waals surface area contributed by atoms with Gasteiger partial charge in [0, 0.05) is 25.0 Å². The molecule has 1 heterocycles. The van der Waals surface area contributed by atoms with Crippen molar-refractivity contribution in [3.05, 3.63) is 42.0 Å². The Morgan fingerprint density at radius 1 is 1.19 bits per heavy atom. The molecule has 0 spiro atoms. The second-order valence-electron chi connectivity index (χ2n) is 5.20. The Bertz CT molecular complexity index is 579. The summed E-state index contributed by atoms with van der Waals surface area (Å²) in [5.41, 5.74) is 1.15. The predicted octanol–water partition coefficient (Wildman–Crippen LogP) is 2.45. The standard InChI is InChI=1S/C16H23N3O2/c1-12(2)18-10-16-17-7-8-19(16)11-13-5-6-14(20-3)15(9-13)21-4/h5-9,12,18H,10-11H2,1-4H3. The van der Waals surface area contributed by atoms with E-state index in [1.54, 1.807) is 14.2 Å². The maximum atomic E-state index is 5.34. The van der Waals surface area contributed by atoms with Gasteiger partial charge in [0.25, 0.3) is 0 Å². The molecule has 0 saturated carbocycles. The van der Waals surface area contributed by atoms with E-state index in [0.29, 0.717) is 6.04 Å². The molecule has 0 fully saturated rings. The molecule has 1 aromatic heterocycles. The summed E-state index contributed by atoms with van der Waals surface area (Å²) < 4.78 is 12.7. The van der Waals surface area contributed by atoms with Gasteiger partial charge in [-0.2, -0.15) is 0 Å². The molecule has 0 aliphatic carbocycles. The minimum absolute atomic E-state index is 0.441. The third kappa shape index (κ3) is 3.98. The van der Waals surface area contributed by atoms with Crippen molar-refractivity contribution < 1.29 is 9.47 Å². The van der Waals surface area contributed by atoms with Gasteiger partial charge in [-0.15, -0.1) is 0 Å². The first-order chi connectivity index (χ1) is 10.1. The number of hydrogen-bond donors (Lipinski definition) is 1. The number of benzene rings is 1. The molecule has 2 rings (SSSR count). The molecule has 2 aromatic rings. The highest BCUT2D eigenvalue weighted by atomic mass is 16.5. The van der Waals surface area contributed by atoms with Gasteiger partial charge >= 0.3 is 0 Å². The first-order valence-corrected chi connectivity index (χ1v) is 7.08. The number of ether oxygens (including phenoxy) is 2. The lowest BCUT2D eigenvalue weighted by Crippen LogP contribution is -2.24. The molecule has 21 heavy (non-hydrogen) atoms. The van der Waals surface area contributed by atoms with Gasteiger partial charge in [0.05, 0.1) is 20.8 Å². The Hall–Kier alpha value is -2.01. The molecule has 0 aliphatic rings. The van der Waals surface area contributed by atoms with Gasteiger partial charge in [-0.3, -0.25) is 0 Å². The molecular formula is C16H23N3O2. The van der Waals surface area contributed by atoms with E-state index >= 15 is 0 Å². The van der Waals surface area contributed by atoms with E-state index in [4.69, 9.17) is 9.47 Å². The molecule has 0 amide bonds. The third-order valence-electron chi connectivity index (χ3n) is 3.27. The van der Waals surface area contributed by atoms with Crippen LogP contribution in [-0.4, -0.2) is 29.8 Å². The van der Waals surface area contributed by atoms with Crippen LogP contribution >= 0.6 is 0 Å². The molecule has 0 aliphatic heterocycles. The molecule has 0 bridgehead atoms. The lowest BCUT2D eigenvalue weighted by molar-refractivity contribution is 0.354. The molecule has 0 radical (unpaired) electrons. The van der Waals surface area contributed by atoms with Crippen LogP contribution in [0.3, 0.4) is 0 Å². The van der Waals surface area contributed by atoms with Crippen LogP contribution in [0.5, 0.6) is 11.5 Å². The van der Waals surface area contributed by atoms with Gasteiger partial charge in [-0.1, -0.05) is 19.9 Å². The van der Waals surface area contributed by atoms with Crippen molar-refractivity contribution in [3.8, 4) is 11.5 Å². The molecule has 5 nitrogen and oxygen atoms in total. The van der Waals surface area contributed by atoms with Crippen LogP contribution in [-0.2, 0) is 13.1 Å². The molecular weight excluding hydrogens is 266 g/mol. The highest BCUT2D eigenvalue weighted by Gasteiger charge is 2.08. The van der Waals surface area contributed by atoms with Crippen LogP contribution in [0.1, 0.15) is 25.2 Å². The smallest absolute Gasteiger partial charge is 0.161 e. The number of aromatic nitrogens is 2. The van der Waals surface area contributed by atoms with Crippen LogP contribution in [0.25, 0.3) is 0 Å². The van der Waals surface area contributed by atoms with Crippen molar-refractivity contribution in [1.29, 1.82) is 0 Å². The van der Waals surface area contributed by atoms with E-state index < -0.39 is 0 Å². The lowest BCUT2D eigenvalue weighted by Gasteiger charge is -2.13. The molecule has 0 atom stereocenters. The average molecular weight is 289 g/mol. The van der Waals surface area contributed by atoms with E-state index in [-0.39, 0.29) is 0 Å². The summed E-state index contributed by atoms with van der Waals surface area (Å²) in [4.78, 5) is 4.41. The number of methoxy groups -OCH3 is 2. The van der Waals surface area contributed by atoms with Crippen molar-refractivity contribution in [2.24, 2.45) is 0 Å². The summed E-state index contributed by atoms with van der Waals surface area (Å²) in [6, 6.07) is 6.41. The Morgan fingerprint density at radius 2 is 1.95 bits per heavy atom.